The van der Waals surface area contributed by atoms with Gasteiger partial charge in [-0.25, -0.2) is 4.79 Å². The number of nitriles is 2. The van der Waals surface area contributed by atoms with Gasteiger partial charge < -0.3 is 14.6 Å². The molecule has 15 heavy (non-hydrogen) atoms. The molecule has 0 radical (unpaired) electrons. The van der Waals surface area contributed by atoms with Crippen LogP contribution in [0.4, 0.5) is 0 Å². The molecule has 0 fully saturated rings. The van der Waals surface area contributed by atoms with Gasteiger partial charge in [-0.15, -0.1) is 0 Å². The summed E-state index contributed by atoms with van der Waals surface area (Å²) in [5, 5.41) is 24.8. The highest BCUT2D eigenvalue weighted by Crippen LogP contribution is 2.07. The number of aliphatic carboxylic acids is 1. The van der Waals surface area contributed by atoms with Gasteiger partial charge in [0.1, 0.15) is 6.61 Å². The highest BCUT2D eigenvalue weighted by molar-refractivity contribution is 5.72. The first kappa shape index (κ1) is 13.1. The molecule has 0 aliphatic carbocycles. The molecule has 0 aromatic carbocycles. The lowest BCUT2D eigenvalue weighted by atomic mass is 10.1. The summed E-state index contributed by atoms with van der Waals surface area (Å²) in [7, 11) is 0. The van der Waals surface area contributed by atoms with Crippen LogP contribution < -0.4 is 0 Å². The van der Waals surface area contributed by atoms with Crippen LogP contribution in [0.2, 0.25) is 0 Å². The van der Waals surface area contributed by atoms with Gasteiger partial charge in [-0.2, -0.15) is 10.5 Å². The van der Waals surface area contributed by atoms with Crippen molar-refractivity contribution in [2.75, 3.05) is 6.61 Å². The molecule has 1 atom stereocenters. The summed E-state index contributed by atoms with van der Waals surface area (Å²) in [6.07, 6.45) is 4.17. The molecule has 6 nitrogen and oxygen atoms in total. The predicted octanol–water partition coefficient (Wildman–Crippen LogP) is 0.995. The molecule has 0 bridgehead atoms. The highest BCUT2D eigenvalue weighted by atomic mass is 16.5. The van der Waals surface area contributed by atoms with Crippen molar-refractivity contribution in [2.24, 2.45) is 0 Å². The van der Waals surface area contributed by atoms with E-state index >= 15 is 0 Å². The number of hydrogen-bond acceptors (Lipinski definition) is 5. The summed E-state index contributed by atoms with van der Waals surface area (Å²) < 4.78 is 8.79. The van der Waals surface area contributed by atoms with E-state index < -0.39 is 12.1 Å². The molecule has 0 aromatic rings. The lowest BCUT2D eigenvalue weighted by Crippen LogP contribution is -2.21. The molecule has 0 saturated heterocycles. The van der Waals surface area contributed by atoms with E-state index in [4.69, 9.17) is 15.6 Å². The van der Waals surface area contributed by atoms with Gasteiger partial charge in [0.05, 0.1) is 0 Å². The molecule has 1 N–H and O–H groups in total. The van der Waals surface area contributed by atoms with Gasteiger partial charge in [-0.05, 0) is 25.7 Å². The van der Waals surface area contributed by atoms with Crippen molar-refractivity contribution < 1.29 is 19.4 Å². The summed E-state index contributed by atoms with van der Waals surface area (Å²) in [5.74, 6) is -1.13. The number of rotatable bonds is 8. The number of carbonyl (C=O) groups is 1. The van der Waals surface area contributed by atoms with Crippen molar-refractivity contribution >= 4 is 5.97 Å². The third-order valence-electron chi connectivity index (χ3n) is 1.75. The normalized spacial score (nSPS) is 10.8. The Kier molecular flexibility index (Phi) is 7.52. The Morgan fingerprint density at radius 2 is 2.00 bits per heavy atom. The Bertz CT molecular complexity index is 266. The minimum atomic E-state index is -1.13. The molecule has 0 amide bonds. The van der Waals surface area contributed by atoms with Crippen molar-refractivity contribution in [3.8, 4) is 12.5 Å². The molecule has 0 saturated carbocycles. The second-order valence-electron chi connectivity index (χ2n) is 2.83. The van der Waals surface area contributed by atoms with Crippen molar-refractivity contribution in [1.29, 1.82) is 10.5 Å². The van der Waals surface area contributed by atoms with Crippen LogP contribution in [0.1, 0.15) is 25.7 Å². The molecule has 0 rings (SSSR count). The third-order valence-corrected chi connectivity index (χ3v) is 1.75. The van der Waals surface area contributed by atoms with E-state index in [0.29, 0.717) is 19.4 Å². The number of ether oxygens (including phenoxy) is 2. The quantitative estimate of drug-likeness (QED) is 0.475. The van der Waals surface area contributed by atoms with Crippen LogP contribution in [0, 0.1) is 23.0 Å². The van der Waals surface area contributed by atoms with Gasteiger partial charge in [0.2, 0.25) is 6.10 Å². The van der Waals surface area contributed by atoms with Crippen molar-refractivity contribution in [1.82, 2.24) is 0 Å². The minimum Gasteiger partial charge on any atom is -0.478 e. The molecular formula is C9H12N2O4. The average molecular weight is 212 g/mol. The zero-order valence-electron chi connectivity index (χ0n) is 8.18. The number of hydrogen-bond donors (Lipinski definition) is 1. The maximum atomic E-state index is 10.5. The van der Waals surface area contributed by atoms with Crippen molar-refractivity contribution in [3.05, 3.63) is 0 Å². The zero-order valence-corrected chi connectivity index (χ0v) is 8.18. The summed E-state index contributed by atoms with van der Waals surface area (Å²) >= 11 is 0. The molecule has 1 unspecified atom stereocenters. The topological polar surface area (TPSA) is 103 Å². The third kappa shape index (κ3) is 7.15. The molecule has 0 aliphatic rings. The Morgan fingerprint density at radius 1 is 1.27 bits per heavy atom. The first-order chi connectivity index (χ1) is 7.22. The van der Waals surface area contributed by atoms with Crippen LogP contribution in [0.15, 0.2) is 0 Å². The van der Waals surface area contributed by atoms with Crippen LogP contribution in [-0.4, -0.2) is 23.8 Å². The second-order valence-corrected chi connectivity index (χ2v) is 2.83. The Labute approximate surface area is 87.6 Å². The highest BCUT2D eigenvalue weighted by Gasteiger charge is 2.17. The number of nitrogens with zero attached hydrogens (tertiary/aromatic N) is 2. The summed E-state index contributed by atoms with van der Waals surface area (Å²) in [6, 6.07) is 0. The van der Waals surface area contributed by atoms with Gasteiger partial charge in [-0.3, -0.25) is 0 Å². The van der Waals surface area contributed by atoms with Crippen LogP contribution in [-0.2, 0) is 14.3 Å². The van der Waals surface area contributed by atoms with Gasteiger partial charge in [0.15, 0.2) is 0 Å². The predicted molar refractivity (Wildman–Crippen MR) is 48.2 cm³/mol. The second kappa shape index (κ2) is 8.64. The monoisotopic (exact) mass is 212 g/mol. The van der Waals surface area contributed by atoms with Crippen LogP contribution in [0.3, 0.4) is 0 Å². The van der Waals surface area contributed by atoms with Gasteiger partial charge >= 0.3 is 5.97 Å². The SMILES string of the molecule is N#COCCCCCC(OC#N)C(=O)O. The number of unbranched alkanes of at least 4 members (excludes halogenated alkanes) is 2. The lowest BCUT2D eigenvalue weighted by Gasteiger charge is -2.07. The first-order valence-corrected chi connectivity index (χ1v) is 4.50. The fraction of sp³-hybridized carbons (Fsp3) is 0.667. The molecule has 0 aromatic heterocycles. The van der Waals surface area contributed by atoms with E-state index in [2.05, 4.69) is 9.47 Å². The molecular weight excluding hydrogens is 200 g/mol. The average Bonchev–Trinajstić information content (AvgIpc) is 2.21. The standard InChI is InChI=1S/C9H12N2O4/c10-6-14-5-3-1-2-4-8(9(12)13)15-7-11/h8H,1-5H2,(H,12,13). The van der Waals surface area contributed by atoms with E-state index in [1.54, 1.807) is 6.26 Å². The molecule has 82 valence electrons. The summed E-state index contributed by atoms with van der Waals surface area (Å²) in [4.78, 5) is 10.5. The Balaban J connectivity index is 3.51. The van der Waals surface area contributed by atoms with Crippen LogP contribution >= 0.6 is 0 Å². The molecule has 0 spiro atoms. The van der Waals surface area contributed by atoms with Crippen LogP contribution in [0.5, 0.6) is 0 Å². The summed E-state index contributed by atoms with van der Waals surface area (Å²) in [5.41, 5.74) is 0. The minimum absolute atomic E-state index is 0.287. The zero-order chi connectivity index (χ0) is 11.5. The molecule has 0 heterocycles. The van der Waals surface area contributed by atoms with E-state index in [9.17, 15) is 4.79 Å². The summed E-state index contributed by atoms with van der Waals surface area (Å²) in [6.45, 7) is 0.341. The first-order valence-electron chi connectivity index (χ1n) is 4.50. The Morgan fingerprint density at radius 3 is 2.53 bits per heavy atom. The van der Waals surface area contributed by atoms with E-state index in [1.165, 1.54) is 6.26 Å². The van der Waals surface area contributed by atoms with Gasteiger partial charge in [0, 0.05) is 0 Å². The van der Waals surface area contributed by atoms with Crippen molar-refractivity contribution in [3.63, 3.8) is 0 Å². The maximum Gasteiger partial charge on any atom is 0.346 e. The van der Waals surface area contributed by atoms with E-state index in [1.807, 2.05) is 0 Å². The smallest absolute Gasteiger partial charge is 0.346 e. The number of carboxylic acid groups (broad SMARTS) is 1. The van der Waals surface area contributed by atoms with E-state index in [0.717, 1.165) is 6.42 Å². The van der Waals surface area contributed by atoms with Gasteiger partial charge in [0.25, 0.3) is 12.5 Å². The Hall–Kier alpha value is -1.95. The lowest BCUT2D eigenvalue weighted by molar-refractivity contribution is -0.146. The molecule has 0 aliphatic heterocycles. The van der Waals surface area contributed by atoms with Gasteiger partial charge in [-0.1, -0.05) is 0 Å². The largest absolute Gasteiger partial charge is 0.478 e. The molecule has 6 heteroatoms. The van der Waals surface area contributed by atoms with Crippen molar-refractivity contribution in [2.45, 2.75) is 31.8 Å². The maximum absolute atomic E-state index is 10.5. The fourth-order valence-corrected chi connectivity index (χ4v) is 1.02. The van der Waals surface area contributed by atoms with E-state index in [-0.39, 0.29) is 6.42 Å². The van der Waals surface area contributed by atoms with Crippen LogP contribution in [0.25, 0.3) is 0 Å². The number of carboxylic acids is 1. The fourth-order valence-electron chi connectivity index (χ4n) is 1.02.